The van der Waals surface area contributed by atoms with Crippen LogP contribution in [-0.4, -0.2) is 18.6 Å². The van der Waals surface area contributed by atoms with Crippen LogP contribution in [0.25, 0.3) is 22.0 Å². The second kappa shape index (κ2) is 7.12. The van der Waals surface area contributed by atoms with Gasteiger partial charge in [-0.05, 0) is 53.6 Å². The van der Waals surface area contributed by atoms with E-state index in [0.717, 1.165) is 22.0 Å². The van der Waals surface area contributed by atoms with Gasteiger partial charge in [-0.3, -0.25) is 9.82 Å². The number of benzene rings is 3. The van der Waals surface area contributed by atoms with Crippen LogP contribution in [0.1, 0.15) is 0 Å². The molecule has 0 fully saturated rings. The highest BCUT2D eigenvalue weighted by Gasteiger charge is 2.18. The SMILES string of the molecule is Nc1n[nH]c2cc(-c3ccc(NS(=O)(=O)c4cc(Br)ccc4Cl)cc3)ccc12. The molecule has 0 amide bonds. The van der Waals surface area contributed by atoms with E-state index < -0.39 is 10.0 Å². The molecule has 9 heteroatoms. The lowest BCUT2D eigenvalue weighted by molar-refractivity contribution is 0.601. The quantitative estimate of drug-likeness (QED) is 0.384. The fourth-order valence-corrected chi connectivity index (χ4v) is 4.94. The predicted octanol–water partition coefficient (Wildman–Crippen LogP) is 5.03. The Morgan fingerprint density at radius 1 is 1.00 bits per heavy atom. The Hall–Kier alpha value is -2.55. The predicted molar refractivity (Wildman–Crippen MR) is 116 cm³/mol. The minimum Gasteiger partial charge on any atom is -0.382 e. The number of hydrogen-bond donors (Lipinski definition) is 3. The van der Waals surface area contributed by atoms with Gasteiger partial charge in [0.1, 0.15) is 4.90 Å². The monoisotopic (exact) mass is 476 g/mol. The molecule has 4 rings (SSSR count). The summed E-state index contributed by atoms with van der Waals surface area (Å²) in [7, 11) is -3.81. The van der Waals surface area contributed by atoms with Gasteiger partial charge >= 0.3 is 0 Å². The average Bonchev–Trinajstić information content (AvgIpc) is 3.04. The number of nitrogens with one attached hydrogen (secondary N) is 2. The highest BCUT2D eigenvalue weighted by molar-refractivity contribution is 9.10. The van der Waals surface area contributed by atoms with E-state index in [2.05, 4.69) is 30.8 Å². The molecule has 0 radical (unpaired) electrons. The summed E-state index contributed by atoms with van der Waals surface area (Å²) in [6, 6.07) is 17.5. The van der Waals surface area contributed by atoms with Gasteiger partial charge < -0.3 is 5.73 Å². The number of nitrogen functional groups attached to an aromatic ring is 1. The number of nitrogens with zero attached hydrogens (tertiary/aromatic N) is 1. The molecule has 142 valence electrons. The standard InChI is InChI=1S/C19H14BrClN4O2S/c20-13-4-8-16(21)18(10-13)28(26,27)25-14-5-1-11(2-6-14)12-3-7-15-17(9-12)23-24-19(15)22/h1-10,25H,(H3,22,23,24). The topological polar surface area (TPSA) is 101 Å². The molecule has 4 N–H and O–H groups in total. The van der Waals surface area contributed by atoms with E-state index in [-0.39, 0.29) is 9.92 Å². The minimum atomic E-state index is -3.81. The second-order valence-electron chi connectivity index (χ2n) is 6.13. The molecule has 0 aliphatic carbocycles. The molecule has 0 bridgehead atoms. The van der Waals surface area contributed by atoms with Crippen molar-refractivity contribution in [2.24, 2.45) is 0 Å². The van der Waals surface area contributed by atoms with E-state index in [1.807, 2.05) is 30.3 Å². The number of fused-ring (bicyclic) bond motifs is 1. The Kier molecular flexibility index (Phi) is 4.78. The van der Waals surface area contributed by atoms with Gasteiger partial charge in [-0.15, -0.1) is 0 Å². The molecule has 0 atom stereocenters. The maximum absolute atomic E-state index is 12.6. The number of sulfonamides is 1. The molecule has 4 aromatic rings. The fraction of sp³-hybridized carbons (Fsp3) is 0. The van der Waals surface area contributed by atoms with E-state index >= 15 is 0 Å². The van der Waals surface area contributed by atoms with Crippen molar-refractivity contribution in [1.29, 1.82) is 0 Å². The van der Waals surface area contributed by atoms with Crippen LogP contribution >= 0.6 is 27.5 Å². The summed E-state index contributed by atoms with van der Waals surface area (Å²) >= 11 is 9.31. The van der Waals surface area contributed by atoms with Crippen LogP contribution in [-0.2, 0) is 10.0 Å². The van der Waals surface area contributed by atoms with E-state index in [4.69, 9.17) is 17.3 Å². The van der Waals surface area contributed by atoms with Gasteiger partial charge in [0.2, 0.25) is 0 Å². The number of anilines is 2. The lowest BCUT2D eigenvalue weighted by atomic mass is 10.0. The summed E-state index contributed by atoms with van der Waals surface area (Å²) in [6.45, 7) is 0. The van der Waals surface area contributed by atoms with Gasteiger partial charge in [0.15, 0.2) is 5.82 Å². The molecule has 28 heavy (non-hydrogen) atoms. The van der Waals surface area contributed by atoms with Gasteiger partial charge in [0.25, 0.3) is 10.0 Å². The van der Waals surface area contributed by atoms with Crippen molar-refractivity contribution in [3.05, 3.63) is 70.2 Å². The zero-order chi connectivity index (χ0) is 19.9. The molecule has 6 nitrogen and oxygen atoms in total. The Bertz CT molecular complexity index is 1290. The van der Waals surface area contributed by atoms with E-state index in [1.54, 1.807) is 18.2 Å². The smallest absolute Gasteiger partial charge is 0.263 e. The van der Waals surface area contributed by atoms with E-state index in [9.17, 15) is 8.42 Å². The number of nitrogens with two attached hydrogens (primary N) is 1. The maximum Gasteiger partial charge on any atom is 0.263 e. The molecule has 0 aliphatic heterocycles. The first-order valence-corrected chi connectivity index (χ1v) is 10.8. The minimum absolute atomic E-state index is 0.00917. The van der Waals surface area contributed by atoms with Crippen molar-refractivity contribution < 1.29 is 8.42 Å². The molecule has 0 saturated heterocycles. The van der Waals surface area contributed by atoms with Crippen LogP contribution in [0, 0.1) is 0 Å². The van der Waals surface area contributed by atoms with Crippen LogP contribution in [0.5, 0.6) is 0 Å². The average molecular weight is 478 g/mol. The molecule has 0 aliphatic rings. The molecule has 0 unspecified atom stereocenters. The number of halogens is 2. The van der Waals surface area contributed by atoms with Gasteiger partial charge in [0, 0.05) is 15.5 Å². The van der Waals surface area contributed by atoms with Crippen molar-refractivity contribution in [1.82, 2.24) is 10.2 Å². The van der Waals surface area contributed by atoms with Crippen LogP contribution in [0.15, 0.2) is 70.0 Å². The first kappa shape index (κ1) is 18.8. The molecular weight excluding hydrogens is 464 g/mol. The van der Waals surface area contributed by atoms with Crippen LogP contribution in [0.2, 0.25) is 5.02 Å². The number of aromatic amines is 1. The summed E-state index contributed by atoms with van der Waals surface area (Å²) in [5, 5.41) is 7.89. The van der Waals surface area contributed by atoms with Crippen molar-refractivity contribution in [2.75, 3.05) is 10.5 Å². The summed E-state index contributed by atoms with van der Waals surface area (Å²) in [5.41, 5.74) is 8.95. The Balaban J connectivity index is 1.61. The van der Waals surface area contributed by atoms with Crippen molar-refractivity contribution in [3.63, 3.8) is 0 Å². The number of hydrogen-bond acceptors (Lipinski definition) is 4. The lowest BCUT2D eigenvalue weighted by Crippen LogP contribution is -2.13. The summed E-state index contributed by atoms with van der Waals surface area (Å²) in [5.74, 6) is 0.456. The largest absolute Gasteiger partial charge is 0.382 e. The van der Waals surface area contributed by atoms with Crippen LogP contribution in [0.4, 0.5) is 11.5 Å². The van der Waals surface area contributed by atoms with E-state index in [1.165, 1.54) is 12.1 Å². The first-order valence-electron chi connectivity index (χ1n) is 8.15. The van der Waals surface area contributed by atoms with Gasteiger partial charge in [0.05, 0.1) is 10.5 Å². The second-order valence-corrected chi connectivity index (χ2v) is 9.10. The Labute approximate surface area is 174 Å². The summed E-state index contributed by atoms with van der Waals surface area (Å²) in [6.07, 6.45) is 0. The third kappa shape index (κ3) is 3.58. The summed E-state index contributed by atoms with van der Waals surface area (Å²) in [4.78, 5) is 0.00917. The highest BCUT2D eigenvalue weighted by Crippen LogP contribution is 2.29. The normalized spacial score (nSPS) is 11.6. The zero-order valence-electron chi connectivity index (χ0n) is 14.3. The Morgan fingerprint density at radius 3 is 2.46 bits per heavy atom. The van der Waals surface area contributed by atoms with Crippen molar-refractivity contribution in [2.45, 2.75) is 4.90 Å². The van der Waals surface area contributed by atoms with Crippen molar-refractivity contribution >= 4 is 60.0 Å². The number of aromatic nitrogens is 2. The number of rotatable bonds is 4. The van der Waals surface area contributed by atoms with Crippen LogP contribution in [0.3, 0.4) is 0 Å². The van der Waals surface area contributed by atoms with Crippen molar-refractivity contribution in [3.8, 4) is 11.1 Å². The first-order chi connectivity index (χ1) is 13.3. The lowest BCUT2D eigenvalue weighted by Gasteiger charge is -2.11. The van der Waals surface area contributed by atoms with E-state index in [0.29, 0.717) is 16.0 Å². The highest BCUT2D eigenvalue weighted by atomic mass is 79.9. The van der Waals surface area contributed by atoms with Gasteiger partial charge in [-0.25, -0.2) is 8.42 Å². The molecule has 1 heterocycles. The molecule has 0 saturated carbocycles. The van der Waals surface area contributed by atoms with Gasteiger partial charge in [-0.2, -0.15) is 5.10 Å². The molecule has 1 aromatic heterocycles. The fourth-order valence-electron chi connectivity index (χ4n) is 2.84. The third-order valence-electron chi connectivity index (χ3n) is 4.25. The number of H-pyrrole nitrogens is 1. The van der Waals surface area contributed by atoms with Crippen LogP contribution < -0.4 is 10.5 Å². The maximum atomic E-state index is 12.6. The molecule has 3 aromatic carbocycles. The zero-order valence-corrected chi connectivity index (χ0v) is 17.4. The third-order valence-corrected chi connectivity index (χ3v) is 6.60. The molecule has 0 spiro atoms. The van der Waals surface area contributed by atoms with Gasteiger partial charge in [-0.1, -0.05) is 45.7 Å². The Morgan fingerprint density at radius 2 is 1.71 bits per heavy atom. The molecular formula is C19H14BrClN4O2S. The summed E-state index contributed by atoms with van der Waals surface area (Å²) < 4.78 is 28.5.